The molecule has 0 atom stereocenters. The first-order valence-electron chi connectivity index (χ1n) is 7.27. The molecule has 0 spiro atoms. The lowest BCUT2D eigenvalue weighted by atomic mass is 10.1. The van der Waals surface area contributed by atoms with Crippen LogP contribution in [0.15, 0.2) is 41.1 Å². The number of nitrogens with two attached hydrogens (primary N) is 1. The molecule has 0 unspecified atom stereocenters. The van der Waals surface area contributed by atoms with Crippen LogP contribution >= 0.6 is 0 Å². The molecule has 21 heavy (non-hydrogen) atoms. The van der Waals surface area contributed by atoms with Crippen molar-refractivity contribution in [2.24, 2.45) is 5.73 Å². The first-order chi connectivity index (χ1) is 10.3. The molecule has 2 N–H and O–H groups in total. The van der Waals surface area contributed by atoms with E-state index in [9.17, 15) is 0 Å². The molecule has 0 saturated heterocycles. The van der Waals surface area contributed by atoms with Crippen LogP contribution in [-0.4, -0.2) is 21.0 Å². The van der Waals surface area contributed by atoms with E-state index in [1.54, 1.807) is 0 Å². The van der Waals surface area contributed by atoms with Gasteiger partial charge in [-0.15, -0.1) is 0 Å². The summed E-state index contributed by atoms with van der Waals surface area (Å²) in [6.07, 6.45) is 3.91. The quantitative estimate of drug-likeness (QED) is 0.799. The zero-order valence-electron chi connectivity index (χ0n) is 11.8. The molecule has 2 aromatic heterocycles. The Bertz CT molecular complexity index is 774. The molecule has 0 saturated carbocycles. The fourth-order valence-electron chi connectivity index (χ4n) is 3.06. The molecule has 4 rings (SSSR count). The molecule has 108 valence electrons. The lowest BCUT2D eigenvalue weighted by molar-refractivity contribution is 0.194. The molecule has 0 amide bonds. The number of benzene rings is 1. The number of hydrogen-bond acceptors (Lipinski definition) is 4. The smallest absolute Gasteiger partial charge is 0.134 e. The molecular formula is C16H18N4O. The minimum atomic E-state index is 0.509. The van der Waals surface area contributed by atoms with Crippen molar-refractivity contribution in [1.29, 1.82) is 0 Å². The van der Waals surface area contributed by atoms with Gasteiger partial charge in [0.1, 0.15) is 17.2 Å². The van der Waals surface area contributed by atoms with Crippen LogP contribution < -0.4 is 5.73 Å². The lowest BCUT2D eigenvalue weighted by Crippen LogP contribution is -2.33. The van der Waals surface area contributed by atoms with Crippen LogP contribution in [0.25, 0.3) is 11.0 Å². The van der Waals surface area contributed by atoms with E-state index >= 15 is 0 Å². The number of nitrogens with zero attached hydrogens (tertiary/aromatic N) is 3. The molecule has 0 aliphatic carbocycles. The molecule has 0 radical (unpaired) electrons. The normalized spacial score (nSPS) is 15.5. The van der Waals surface area contributed by atoms with E-state index in [0.29, 0.717) is 6.54 Å². The first kappa shape index (κ1) is 12.6. The van der Waals surface area contributed by atoms with Crippen molar-refractivity contribution in [3.05, 3.63) is 53.8 Å². The van der Waals surface area contributed by atoms with E-state index in [1.807, 2.05) is 30.6 Å². The highest BCUT2D eigenvalue weighted by atomic mass is 16.3. The second-order valence-corrected chi connectivity index (χ2v) is 5.45. The van der Waals surface area contributed by atoms with Crippen LogP contribution in [-0.2, 0) is 26.2 Å². The number of fused-ring (bicyclic) bond motifs is 2. The average molecular weight is 282 g/mol. The van der Waals surface area contributed by atoms with Gasteiger partial charge in [-0.25, -0.2) is 4.98 Å². The number of furan rings is 1. The van der Waals surface area contributed by atoms with E-state index in [-0.39, 0.29) is 0 Å². The third kappa shape index (κ3) is 2.14. The summed E-state index contributed by atoms with van der Waals surface area (Å²) in [5, 5.41) is 1.13. The van der Waals surface area contributed by atoms with Gasteiger partial charge in [-0.3, -0.25) is 4.90 Å². The van der Waals surface area contributed by atoms with Gasteiger partial charge in [0.05, 0.1) is 13.1 Å². The third-order valence-electron chi connectivity index (χ3n) is 4.18. The van der Waals surface area contributed by atoms with Gasteiger partial charge in [-0.1, -0.05) is 18.2 Å². The molecule has 1 aliphatic rings. The monoisotopic (exact) mass is 282 g/mol. The largest absolute Gasteiger partial charge is 0.459 e. The van der Waals surface area contributed by atoms with Crippen LogP contribution in [0.2, 0.25) is 0 Å². The maximum Gasteiger partial charge on any atom is 0.134 e. The maximum absolute atomic E-state index is 6.01. The van der Waals surface area contributed by atoms with E-state index in [0.717, 1.165) is 54.3 Å². The van der Waals surface area contributed by atoms with E-state index < -0.39 is 0 Å². The van der Waals surface area contributed by atoms with Gasteiger partial charge in [0, 0.05) is 43.0 Å². The van der Waals surface area contributed by atoms with Crippen LogP contribution in [0.5, 0.6) is 0 Å². The van der Waals surface area contributed by atoms with Crippen molar-refractivity contribution in [3.63, 3.8) is 0 Å². The number of hydrogen-bond donors (Lipinski definition) is 1. The Morgan fingerprint density at radius 1 is 1.24 bits per heavy atom. The van der Waals surface area contributed by atoms with Crippen molar-refractivity contribution < 1.29 is 4.42 Å². The molecule has 0 fully saturated rings. The van der Waals surface area contributed by atoms with E-state index in [2.05, 4.69) is 20.5 Å². The van der Waals surface area contributed by atoms with E-state index in [4.69, 9.17) is 10.2 Å². The number of para-hydroxylation sites is 1. The predicted molar refractivity (Wildman–Crippen MR) is 80.4 cm³/mol. The molecule has 1 aliphatic heterocycles. The molecule has 0 bridgehead atoms. The first-order valence-corrected chi connectivity index (χ1v) is 7.27. The standard InChI is InChI=1S/C16H18N4O/c17-9-13-12-3-1-2-4-14(12)21-15(13)10-19-7-8-20-6-5-18-16(20)11-19/h1-6H,7-11,17H2. The second-order valence-electron chi connectivity index (χ2n) is 5.45. The Kier molecular flexibility index (Phi) is 3.02. The summed E-state index contributed by atoms with van der Waals surface area (Å²) in [4.78, 5) is 6.76. The second kappa shape index (κ2) is 5.02. The summed E-state index contributed by atoms with van der Waals surface area (Å²) in [5.41, 5.74) is 7.98. The fraction of sp³-hybridized carbons (Fsp3) is 0.312. The number of rotatable bonds is 3. The highest BCUT2D eigenvalue weighted by Gasteiger charge is 2.20. The molecule has 1 aromatic carbocycles. The number of aromatic nitrogens is 2. The van der Waals surface area contributed by atoms with Crippen molar-refractivity contribution in [2.45, 2.75) is 26.2 Å². The zero-order chi connectivity index (χ0) is 14.2. The van der Waals surface area contributed by atoms with Gasteiger partial charge >= 0.3 is 0 Å². The summed E-state index contributed by atoms with van der Waals surface area (Å²) < 4.78 is 8.22. The Morgan fingerprint density at radius 3 is 3.05 bits per heavy atom. The van der Waals surface area contributed by atoms with Gasteiger partial charge in [0.2, 0.25) is 0 Å². The third-order valence-corrected chi connectivity index (χ3v) is 4.18. The van der Waals surface area contributed by atoms with Crippen molar-refractivity contribution in [3.8, 4) is 0 Å². The van der Waals surface area contributed by atoms with Crippen LogP contribution in [0.1, 0.15) is 17.1 Å². The molecule has 5 heteroatoms. The number of imidazole rings is 1. The molecule has 5 nitrogen and oxygen atoms in total. The van der Waals surface area contributed by atoms with Crippen LogP contribution in [0.3, 0.4) is 0 Å². The fourth-order valence-corrected chi connectivity index (χ4v) is 3.06. The minimum Gasteiger partial charge on any atom is -0.459 e. The predicted octanol–water partition coefficient (Wildman–Crippen LogP) is 2.10. The lowest BCUT2D eigenvalue weighted by Gasteiger charge is -2.26. The maximum atomic E-state index is 6.01. The zero-order valence-corrected chi connectivity index (χ0v) is 11.8. The van der Waals surface area contributed by atoms with Gasteiger partial charge in [-0.05, 0) is 6.07 Å². The van der Waals surface area contributed by atoms with E-state index in [1.165, 1.54) is 0 Å². The van der Waals surface area contributed by atoms with Crippen molar-refractivity contribution >= 4 is 11.0 Å². The molecule has 3 aromatic rings. The highest BCUT2D eigenvalue weighted by Crippen LogP contribution is 2.27. The van der Waals surface area contributed by atoms with Crippen LogP contribution in [0.4, 0.5) is 0 Å². The minimum absolute atomic E-state index is 0.509. The SMILES string of the molecule is NCc1c(CN2CCn3ccnc3C2)oc2ccccc12. The highest BCUT2D eigenvalue weighted by molar-refractivity contribution is 5.82. The van der Waals surface area contributed by atoms with Crippen molar-refractivity contribution in [1.82, 2.24) is 14.5 Å². The van der Waals surface area contributed by atoms with Crippen LogP contribution in [0, 0.1) is 0 Å². The Labute approximate surface area is 123 Å². The Balaban J connectivity index is 1.63. The summed E-state index contributed by atoms with van der Waals surface area (Å²) >= 11 is 0. The molecule has 3 heterocycles. The summed E-state index contributed by atoms with van der Waals surface area (Å²) in [6, 6.07) is 8.10. The Hall–Kier alpha value is -2.11. The van der Waals surface area contributed by atoms with Crippen molar-refractivity contribution in [2.75, 3.05) is 6.54 Å². The summed E-state index contributed by atoms with van der Waals surface area (Å²) in [7, 11) is 0. The average Bonchev–Trinajstić information content (AvgIpc) is 3.10. The van der Waals surface area contributed by atoms with Gasteiger partial charge in [-0.2, -0.15) is 0 Å². The summed E-state index contributed by atoms with van der Waals surface area (Å²) in [5.74, 6) is 2.10. The topological polar surface area (TPSA) is 60.2 Å². The Morgan fingerprint density at radius 2 is 2.14 bits per heavy atom. The summed E-state index contributed by atoms with van der Waals surface area (Å²) in [6.45, 7) is 4.13. The van der Waals surface area contributed by atoms with Gasteiger partial charge in [0.15, 0.2) is 0 Å². The molecular weight excluding hydrogens is 264 g/mol. The van der Waals surface area contributed by atoms with Gasteiger partial charge < -0.3 is 14.7 Å². The van der Waals surface area contributed by atoms with Gasteiger partial charge in [0.25, 0.3) is 0 Å².